The van der Waals surface area contributed by atoms with Crippen molar-refractivity contribution in [3.05, 3.63) is 106 Å². The van der Waals surface area contributed by atoms with E-state index < -0.39 is 0 Å². The van der Waals surface area contributed by atoms with E-state index in [2.05, 4.69) is 29.3 Å². The van der Waals surface area contributed by atoms with Crippen molar-refractivity contribution in [3.63, 3.8) is 0 Å². The van der Waals surface area contributed by atoms with Crippen molar-refractivity contribution in [1.29, 1.82) is 0 Å². The monoisotopic (exact) mass is 373 g/mol. The number of halogens is 1. The number of hydrogen-bond donors (Lipinski definition) is 0. The highest BCUT2D eigenvalue weighted by atomic mass is 35.5. The van der Waals surface area contributed by atoms with E-state index in [1.54, 1.807) is 0 Å². The van der Waals surface area contributed by atoms with Crippen LogP contribution in [-0.2, 0) is 13.0 Å². The molecule has 0 unspecified atom stereocenters. The van der Waals surface area contributed by atoms with E-state index in [1.165, 1.54) is 5.56 Å². The van der Waals surface area contributed by atoms with Gasteiger partial charge in [-0.05, 0) is 47.4 Å². The van der Waals surface area contributed by atoms with Gasteiger partial charge in [0.2, 0.25) is 0 Å². The number of nitrogens with zero attached hydrogens (tertiary/aromatic N) is 1. The molecule has 0 spiro atoms. The lowest BCUT2D eigenvalue weighted by atomic mass is 9.96. The molecule has 0 fully saturated rings. The molecule has 3 aromatic rings. The Morgan fingerprint density at radius 1 is 0.963 bits per heavy atom. The first-order valence-corrected chi connectivity index (χ1v) is 9.44. The molecule has 4 rings (SSSR count). The molecule has 134 valence electrons. The summed E-state index contributed by atoms with van der Waals surface area (Å²) in [5.74, 6) is 0.877. The zero-order valence-electron chi connectivity index (χ0n) is 14.9. The predicted octanol–water partition coefficient (Wildman–Crippen LogP) is 5.89. The lowest BCUT2D eigenvalue weighted by molar-refractivity contribution is 0.306. The van der Waals surface area contributed by atoms with Gasteiger partial charge in [0.05, 0.1) is 10.7 Å². The molecule has 0 radical (unpaired) electrons. The molecule has 0 bridgehead atoms. The second-order valence-electron chi connectivity index (χ2n) is 6.48. The summed E-state index contributed by atoms with van der Waals surface area (Å²) >= 11 is 6.60. The molecule has 0 aromatic heterocycles. The summed E-state index contributed by atoms with van der Waals surface area (Å²) in [5.41, 5.74) is 5.40. The number of benzene rings is 3. The van der Waals surface area contributed by atoms with E-state index in [9.17, 15) is 0 Å². The molecule has 0 N–H and O–H groups in total. The maximum Gasteiger partial charge on any atom is 0.120 e. The highest BCUT2D eigenvalue weighted by Gasteiger charge is 2.17. The fourth-order valence-electron chi connectivity index (χ4n) is 3.18. The average Bonchev–Trinajstić information content (AvgIpc) is 2.73. The summed E-state index contributed by atoms with van der Waals surface area (Å²) in [6.45, 7) is 1.30. The van der Waals surface area contributed by atoms with E-state index >= 15 is 0 Å². The van der Waals surface area contributed by atoms with Crippen molar-refractivity contribution in [3.8, 4) is 5.75 Å². The number of allylic oxidation sites excluding steroid dienone is 1. The molecule has 1 heterocycles. The van der Waals surface area contributed by atoms with Gasteiger partial charge in [-0.3, -0.25) is 4.99 Å². The molecule has 3 heteroatoms. The molecule has 1 aliphatic heterocycles. The van der Waals surface area contributed by atoms with Crippen LogP contribution >= 0.6 is 11.6 Å². The molecule has 27 heavy (non-hydrogen) atoms. The molecule has 1 aliphatic rings. The lowest BCUT2D eigenvalue weighted by Crippen LogP contribution is -2.13. The van der Waals surface area contributed by atoms with Gasteiger partial charge in [-0.1, -0.05) is 72.3 Å². The zero-order valence-corrected chi connectivity index (χ0v) is 15.7. The van der Waals surface area contributed by atoms with Crippen LogP contribution in [0.25, 0.3) is 6.08 Å². The largest absolute Gasteiger partial charge is 0.489 e. The topological polar surface area (TPSA) is 21.6 Å². The molecule has 2 nitrogen and oxygen atoms in total. The summed E-state index contributed by atoms with van der Waals surface area (Å²) in [5, 5.41) is 0.667. The number of ether oxygens (including phenoxy) is 1. The van der Waals surface area contributed by atoms with Crippen LogP contribution < -0.4 is 4.74 Å². The van der Waals surface area contributed by atoms with Gasteiger partial charge in [0, 0.05) is 12.1 Å². The molecule has 0 aliphatic carbocycles. The van der Waals surface area contributed by atoms with E-state index in [-0.39, 0.29) is 0 Å². The second-order valence-corrected chi connectivity index (χ2v) is 6.88. The van der Waals surface area contributed by atoms with Gasteiger partial charge in [0.15, 0.2) is 0 Å². The van der Waals surface area contributed by atoms with E-state index in [0.717, 1.165) is 41.1 Å². The third-order valence-corrected chi connectivity index (χ3v) is 4.84. The maximum absolute atomic E-state index is 6.60. The van der Waals surface area contributed by atoms with Crippen LogP contribution in [-0.4, -0.2) is 12.3 Å². The minimum Gasteiger partial charge on any atom is -0.489 e. The molecular formula is C24H20ClNO. The Bertz CT molecular complexity index is 978. The number of aliphatic imine (C=N–C) groups is 1. The van der Waals surface area contributed by atoms with E-state index in [1.807, 2.05) is 60.7 Å². The fourth-order valence-corrected chi connectivity index (χ4v) is 3.47. The van der Waals surface area contributed by atoms with Crippen LogP contribution in [0.4, 0.5) is 0 Å². The predicted molar refractivity (Wildman–Crippen MR) is 113 cm³/mol. The smallest absolute Gasteiger partial charge is 0.120 e. The molecule has 0 saturated heterocycles. The summed E-state index contributed by atoms with van der Waals surface area (Å²) in [6.07, 6.45) is 2.87. The first-order chi connectivity index (χ1) is 13.3. The van der Waals surface area contributed by atoms with Crippen molar-refractivity contribution in [1.82, 2.24) is 0 Å². The zero-order chi connectivity index (χ0) is 18.5. The Balaban J connectivity index is 1.54. The third kappa shape index (κ3) is 4.29. The first-order valence-electron chi connectivity index (χ1n) is 9.07. The average molecular weight is 374 g/mol. The molecule has 0 saturated carbocycles. The van der Waals surface area contributed by atoms with Gasteiger partial charge in [0.25, 0.3) is 0 Å². The summed E-state index contributed by atoms with van der Waals surface area (Å²) < 4.78 is 5.96. The van der Waals surface area contributed by atoms with E-state index in [4.69, 9.17) is 16.3 Å². The Morgan fingerprint density at radius 3 is 2.48 bits per heavy atom. The number of fused-ring (bicyclic) bond motifs is 1. The standard InChI is InChI=1S/C24H20ClNO/c25-23(15-18-7-3-1-4-8-18)24-22-12-11-21(16-20(22)13-14-26-24)27-17-19-9-5-2-6-10-19/h1-12,15-16H,13-14,17H2/b23-15-. The highest BCUT2D eigenvalue weighted by molar-refractivity contribution is 6.48. The van der Waals surface area contributed by atoms with Crippen LogP contribution in [0.5, 0.6) is 5.75 Å². The van der Waals surface area contributed by atoms with Gasteiger partial charge in [-0.15, -0.1) is 0 Å². The maximum atomic E-state index is 6.60. The van der Waals surface area contributed by atoms with Crippen molar-refractivity contribution in [2.75, 3.05) is 6.54 Å². The van der Waals surface area contributed by atoms with Crippen LogP contribution in [0.15, 0.2) is 88.9 Å². The summed E-state index contributed by atoms with van der Waals surface area (Å²) in [4.78, 5) is 4.67. The molecule has 3 aromatic carbocycles. The minimum absolute atomic E-state index is 0.565. The van der Waals surface area contributed by atoms with Crippen molar-refractivity contribution in [2.24, 2.45) is 4.99 Å². The Morgan fingerprint density at radius 2 is 1.70 bits per heavy atom. The van der Waals surface area contributed by atoms with Gasteiger partial charge < -0.3 is 4.74 Å². The lowest BCUT2D eigenvalue weighted by Gasteiger charge is -2.18. The van der Waals surface area contributed by atoms with E-state index in [0.29, 0.717) is 11.6 Å². The molecule has 0 amide bonds. The van der Waals surface area contributed by atoms with Crippen LogP contribution in [0.1, 0.15) is 22.3 Å². The highest BCUT2D eigenvalue weighted by Crippen LogP contribution is 2.27. The minimum atomic E-state index is 0.565. The Kier molecular flexibility index (Phi) is 5.36. The summed E-state index contributed by atoms with van der Waals surface area (Å²) in [7, 11) is 0. The quantitative estimate of drug-likeness (QED) is 0.546. The third-order valence-electron chi connectivity index (χ3n) is 4.55. The van der Waals surface area contributed by atoms with Crippen molar-refractivity contribution < 1.29 is 4.74 Å². The molecule has 0 atom stereocenters. The van der Waals surface area contributed by atoms with Crippen molar-refractivity contribution >= 4 is 23.4 Å². The first kappa shape index (κ1) is 17.6. The Labute approximate surface area is 164 Å². The van der Waals surface area contributed by atoms with Crippen molar-refractivity contribution in [2.45, 2.75) is 13.0 Å². The Hall–Kier alpha value is -2.84. The fraction of sp³-hybridized carbons (Fsp3) is 0.125. The van der Waals surface area contributed by atoms with Crippen LogP contribution in [0.2, 0.25) is 0 Å². The van der Waals surface area contributed by atoms with Gasteiger partial charge in [-0.25, -0.2) is 0 Å². The van der Waals surface area contributed by atoms with Crippen LogP contribution in [0.3, 0.4) is 0 Å². The molecular weight excluding hydrogens is 354 g/mol. The second kappa shape index (κ2) is 8.24. The normalized spacial score (nSPS) is 13.7. The number of hydrogen-bond acceptors (Lipinski definition) is 2. The van der Waals surface area contributed by atoms with Gasteiger partial charge in [-0.2, -0.15) is 0 Å². The summed E-state index contributed by atoms with van der Waals surface area (Å²) in [6, 6.07) is 26.4. The number of rotatable bonds is 5. The van der Waals surface area contributed by atoms with Gasteiger partial charge in [0.1, 0.15) is 12.4 Å². The van der Waals surface area contributed by atoms with Gasteiger partial charge >= 0.3 is 0 Å². The van der Waals surface area contributed by atoms with Crippen LogP contribution in [0, 0.1) is 0 Å². The SMILES string of the molecule is Cl/C(=C\c1ccccc1)C1=NCCc2cc(OCc3ccccc3)ccc21.